The van der Waals surface area contributed by atoms with E-state index in [-0.39, 0.29) is 0 Å². The summed E-state index contributed by atoms with van der Waals surface area (Å²) < 4.78 is 26.3. The molecule has 0 atom stereocenters. The van der Waals surface area contributed by atoms with Gasteiger partial charge in [0.15, 0.2) is 5.78 Å². The summed E-state index contributed by atoms with van der Waals surface area (Å²) in [6, 6.07) is 8.96. The molecule has 0 aliphatic rings. The first-order chi connectivity index (χ1) is 8.38. The molecule has 1 heterocycles. The molecule has 1 aromatic carbocycles. The van der Waals surface area contributed by atoms with Crippen molar-refractivity contribution in [1.29, 1.82) is 0 Å². The van der Waals surface area contributed by atoms with Crippen LogP contribution in [0.25, 0.3) is 10.1 Å². The van der Waals surface area contributed by atoms with Crippen LogP contribution in [0.15, 0.2) is 30.3 Å². The lowest BCUT2D eigenvalue weighted by Crippen LogP contribution is -2.26. The Bertz CT molecular complexity index is 578. The molecule has 0 amide bonds. The molecule has 2 aromatic rings. The highest BCUT2D eigenvalue weighted by atomic mass is 32.1. The Morgan fingerprint density at radius 3 is 2.56 bits per heavy atom. The Morgan fingerprint density at radius 2 is 1.94 bits per heavy atom. The van der Waals surface area contributed by atoms with Crippen molar-refractivity contribution >= 4 is 33.0 Å². The summed E-state index contributed by atoms with van der Waals surface area (Å²) in [4.78, 5) is 23.2. The van der Waals surface area contributed by atoms with Crippen LogP contribution in [0.2, 0.25) is 0 Å². The monoisotopic (exact) mass is 268 g/mol. The number of carbonyl (C=O) groups excluding carboxylic acids is 2. The van der Waals surface area contributed by atoms with Gasteiger partial charge in [-0.15, -0.1) is 11.3 Å². The molecule has 0 spiro atoms. The van der Waals surface area contributed by atoms with Gasteiger partial charge in [-0.1, -0.05) is 18.2 Å². The average molecular weight is 268 g/mol. The largest absolute Gasteiger partial charge is 0.303 e. The zero-order chi connectivity index (χ0) is 13.3. The Labute approximate surface area is 106 Å². The van der Waals surface area contributed by atoms with Gasteiger partial charge in [0.25, 0.3) is 0 Å². The predicted molar refractivity (Wildman–Crippen MR) is 66.4 cm³/mol. The van der Waals surface area contributed by atoms with E-state index in [2.05, 4.69) is 0 Å². The molecular formula is C13H10F2O2S. The van der Waals surface area contributed by atoms with E-state index in [9.17, 15) is 18.4 Å². The number of hydrogen-bond acceptors (Lipinski definition) is 3. The molecule has 2 nitrogen and oxygen atoms in total. The standard InChI is InChI=1S/C13H10F2O2S/c1-13(14,15)12(17)7-9(16)11-6-8-4-2-3-5-10(8)18-11/h2-6H,7H2,1H3. The maximum Gasteiger partial charge on any atom is 0.303 e. The number of hydrogen-bond donors (Lipinski definition) is 0. The van der Waals surface area contributed by atoms with Crippen molar-refractivity contribution in [3.05, 3.63) is 35.2 Å². The highest BCUT2D eigenvalue weighted by molar-refractivity contribution is 7.20. The second-order valence-electron chi connectivity index (χ2n) is 4.06. The van der Waals surface area contributed by atoms with Crippen molar-refractivity contribution in [3.63, 3.8) is 0 Å². The molecule has 0 saturated heterocycles. The number of rotatable bonds is 4. The average Bonchev–Trinajstić information content (AvgIpc) is 2.71. The van der Waals surface area contributed by atoms with Crippen molar-refractivity contribution < 1.29 is 18.4 Å². The van der Waals surface area contributed by atoms with Crippen LogP contribution in [0.4, 0.5) is 8.78 Å². The minimum Gasteiger partial charge on any atom is -0.293 e. The molecule has 2 rings (SSSR count). The molecule has 0 aliphatic carbocycles. The van der Waals surface area contributed by atoms with Gasteiger partial charge in [0.05, 0.1) is 11.3 Å². The predicted octanol–water partition coefficient (Wildman–Crippen LogP) is 3.70. The van der Waals surface area contributed by atoms with Gasteiger partial charge in [0.1, 0.15) is 0 Å². The summed E-state index contributed by atoms with van der Waals surface area (Å²) in [5, 5.41) is 0.876. The van der Waals surface area contributed by atoms with E-state index in [1.54, 1.807) is 6.07 Å². The maximum absolute atomic E-state index is 12.7. The van der Waals surface area contributed by atoms with Gasteiger partial charge < -0.3 is 0 Å². The number of alkyl halides is 2. The second-order valence-corrected chi connectivity index (χ2v) is 5.14. The first kappa shape index (κ1) is 12.8. The summed E-state index contributed by atoms with van der Waals surface area (Å²) in [5.74, 6) is -5.35. The van der Waals surface area contributed by atoms with Crippen LogP contribution in [0.1, 0.15) is 23.0 Å². The van der Waals surface area contributed by atoms with Gasteiger partial charge in [0.2, 0.25) is 5.78 Å². The third-order valence-electron chi connectivity index (χ3n) is 2.51. The first-order valence-electron chi connectivity index (χ1n) is 5.31. The Kier molecular flexibility index (Phi) is 3.26. The third-order valence-corrected chi connectivity index (χ3v) is 3.67. The Balaban J connectivity index is 2.21. The number of carbonyl (C=O) groups is 2. The fourth-order valence-corrected chi connectivity index (χ4v) is 2.51. The molecule has 18 heavy (non-hydrogen) atoms. The van der Waals surface area contributed by atoms with Crippen molar-refractivity contribution in [2.75, 3.05) is 0 Å². The van der Waals surface area contributed by atoms with Crippen molar-refractivity contribution in [2.45, 2.75) is 19.3 Å². The molecule has 1 aromatic heterocycles. The lowest BCUT2D eigenvalue weighted by atomic mass is 10.1. The number of Topliss-reactive ketones (excluding diaryl/α,β-unsaturated/α-hetero) is 2. The van der Waals surface area contributed by atoms with Crippen molar-refractivity contribution in [2.24, 2.45) is 0 Å². The van der Waals surface area contributed by atoms with E-state index in [0.29, 0.717) is 11.8 Å². The molecule has 0 bridgehead atoms. The van der Waals surface area contributed by atoms with E-state index in [1.807, 2.05) is 24.3 Å². The van der Waals surface area contributed by atoms with Gasteiger partial charge in [-0.05, 0) is 17.5 Å². The topological polar surface area (TPSA) is 34.1 Å². The number of fused-ring (bicyclic) bond motifs is 1. The second kappa shape index (κ2) is 4.57. The highest BCUT2D eigenvalue weighted by Crippen LogP contribution is 2.27. The normalized spacial score (nSPS) is 11.7. The molecular weight excluding hydrogens is 258 g/mol. The van der Waals surface area contributed by atoms with Crippen LogP contribution in [-0.2, 0) is 4.79 Å². The van der Waals surface area contributed by atoms with Gasteiger partial charge in [-0.25, -0.2) is 0 Å². The zero-order valence-corrected chi connectivity index (χ0v) is 10.4. The Hall–Kier alpha value is -1.62. The number of thiophene rings is 1. The van der Waals surface area contributed by atoms with Crippen LogP contribution in [0.3, 0.4) is 0 Å². The van der Waals surface area contributed by atoms with Crippen molar-refractivity contribution in [1.82, 2.24) is 0 Å². The summed E-state index contributed by atoms with van der Waals surface area (Å²) in [5.41, 5.74) is 0. The fourth-order valence-electron chi connectivity index (χ4n) is 1.51. The number of halogens is 2. The molecule has 0 radical (unpaired) electrons. The zero-order valence-electron chi connectivity index (χ0n) is 9.57. The molecule has 0 fully saturated rings. The third kappa shape index (κ3) is 2.61. The number of benzene rings is 1. The smallest absolute Gasteiger partial charge is 0.293 e. The van der Waals surface area contributed by atoms with Gasteiger partial charge in [0, 0.05) is 11.6 Å². The van der Waals surface area contributed by atoms with E-state index in [1.165, 1.54) is 11.3 Å². The van der Waals surface area contributed by atoms with E-state index in [4.69, 9.17) is 0 Å². The lowest BCUT2D eigenvalue weighted by molar-refractivity contribution is -0.139. The van der Waals surface area contributed by atoms with Gasteiger partial charge in [-0.2, -0.15) is 8.78 Å². The Morgan fingerprint density at radius 1 is 1.28 bits per heavy atom. The summed E-state index contributed by atoms with van der Waals surface area (Å²) in [6.07, 6.45) is -0.754. The number of ketones is 2. The highest BCUT2D eigenvalue weighted by Gasteiger charge is 2.33. The molecule has 5 heteroatoms. The SMILES string of the molecule is CC(F)(F)C(=O)CC(=O)c1cc2ccccc2s1. The van der Waals surface area contributed by atoms with E-state index < -0.39 is 23.9 Å². The summed E-state index contributed by atoms with van der Waals surface area (Å²) in [6.45, 7) is 0.507. The van der Waals surface area contributed by atoms with Crippen molar-refractivity contribution in [3.8, 4) is 0 Å². The van der Waals surface area contributed by atoms with Crippen LogP contribution in [0.5, 0.6) is 0 Å². The maximum atomic E-state index is 12.7. The lowest BCUT2D eigenvalue weighted by Gasteiger charge is -2.06. The summed E-state index contributed by atoms with van der Waals surface area (Å²) in [7, 11) is 0. The van der Waals surface area contributed by atoms with Crippen LogP contribution < -0.4 is 0 Å². The molecule has 0 saturated carbocycles. The molecule has 0 N–H and O–H groups in total. The van der Waals surface area contributed by atoms with Gasteiger partial charge in [-0.3, -0.25) is 9.59 Å². The van der Waals surface area contributed by atoms with E-state index >= 15 is 0 Å². The van der Waals surface area contributed by atoms with Crippen LogP contribution in [-0.4, -0.2) is 17.5 Å². The quantitative estimate of drug-likeness (QED) is 0.626. The van der Waals surface area contributed by atoms with Crippen LogP contribution in [0, 0.1) is 0 Å². The molecule has 0 unspecified atom stereocenters. The fraction of sp³-hybridized carbons (Fsp3) is 0.231. The van der Waals surface area contributed by atoms with Crippen LogP contribution >= 0.6 is 11.3 Å². The minimum atomic E-state index is -3.45. The summed E-state index contributed by atoms with van der Waals surface area (Å²) >= 11 is 1.21. The molecule has 0 aliphatic heterocycles. The van der Waals surface area contributed by atoms with Gasteiger partial charge >= 0.3 is 5.92 Å². The minimum absolute atomic E-state index is 0.341. The first-order valence-corrected chi connectivity index (χ1v) is 6.12. The molecule has 94 valence electrons. The van der Waals surface area contributed by atoms with E-state index in [0.717, 1.165) is 10.1 Å².